The van der Waals surface area contributed by atoms with Crippen LogP contribution in [0.3, 0.4) is 0 Å². The number of halogens is 1. The average Bonchev–Trinajstić information content (AvgIpc) is 2.89. The third-order valence-corrected chi connectivity index (χ3v) is 6.71. The van der Waals surface area contributed by atoms with E-state index in [0.717, 1.165) is 20.8 Å². The molecule has 0 saturated heterocycles. The molecule has 1 unspecified atom stereocenters. The molecule has 1 atom stereocenters. The second-order valence-corrected chi connectivity index (χ2v) is 9.23. The molecular formula is C19H19ClN2O3S2. The van der Waals surface area contributed by atoms with Crippen LogP contribution >= 0.6 is 34.7 Å². The van der Waals surface area contributed by atoms with E-state index in [1.54, 1.807) is 25.1 Å². The number of esters is 1. The van der Waals surface area contributed by atoms with Gasteiger partial charge in [0.1, 0.15) is 21.7 Å². The van der Waals surface area contributed by atoms with Crippen molar-refractivity contribution in [2.45, 2.75) is 38.7 Å². The number of hydrogen-bond acceptors (Lipinski definition) is 6. The van der Waals surface area contributed by atoms with Gasteiger partial charge in [0.05, 0.1) is 11.1 Å². The van der Waals surface area contributed by atoms with Gasteiger partial charge in [-0.15, -0.1) is 23.1 Å². The number of ether oxygens (including phenoxy) is 1. The Kier molecular flexibility index (Phi) is 5.93. The largest absolute Gasteiger partial charge is 0.425 e. The zero-order valence-electron chi connectivity index (χ0n) is 15.4. The maximum absolute atomic E-state index is 12.3. The van der Waals surface area contributed by atoms with E-state index >= 15 is 0 Å². The van der Waals surface area contributed by atoms with Crippen molar-refractivity contribution in [3.63, 3.8) is 0 Å². The van der Waals surface area contributed by atoms with Crippen molar-refractivity contribution in [1.82, 2.24) is 9.97 Å². The fraction of sp³-hybridized carbons (Fsp3) is 0.316. The molecule has 0 amide bonds. The van der Waals surface area contributed by atoms with Crippen LogP contribution in [-0.4, -0.2) is 21.2 Å². The molecule has 0 spiro atoms. The molecular weight excluding hydrogens is 404 g/mol. The molecule has 1 aromatic carbocycles. The lowest BCUT2D eigenvalue weighted by molar-refractivity contribution is -0.133. The summed E-state index contributed by atoms with van der Waals surface area (Å²) in [6.07, 6.45) is 0. The molecule has 0 fully saturated rings. The zero-order valence-corrected chi connectivity index (χ0v) is 17.8. The molecule has 0 aliphatic carbocycles. The number of nitrogens with zero attached hydrogens (tertiary/aromatic N) is 1. The van der Waals surface area contributed by atoms with Crippen LogP contribution in [0.5, 0.6) is 5.75 Å². The summed E-state index contributed by atoms with van der Waals surface area (Å²) in [5.74, 6) is 1.11. The van der Waals surface area contributed by atoms with Crippen molar-refractivity contribution in [1.29, 1.82) is 0 Å². The highest BCUT2D eigenvalue weighted by Gasteiger charge is 2.18. The molecule has 0 aliphatic rings. The van der Waals surface area contributed by atoms with E-state index < -0.39 is 5.25 Å². The molecule has 0 radical (unpaired) electrons. The highest BCUT2D eigenvalue weighted by atomic mass is 35.5. The van der Waals surface area contributed by atoms with Crippen LogP contribution in [0.2, 0.25) is 5.02 Å². The van der Waals surface area contributed by atoms with E-state index in [4.69, 9.17) is 16.3 Å². The van der Waals surface area contributed by atoms with Crippen LogP contribution in [0.25, 0.3) is 10.2 Å². The fourth-order valence-electron chi connectivity index (χ4n) is 2.56. The predicted molar refractivity (Wildman–Crippen MR) is 112 cm³/mol. The van der Waals surface area contributed by atoms with Gasteiger partial charge in [-0.1, -0.05) is 11.6 Å². The Labute approximate surface area is 170 Å². The molecule has 1 N–H and O–H groups in total. The Morgan fingerprint density at radius 2 is 2.11 bits per heavy atom. The Morgan fingerprint density at radius 1 is 1.37 bits per heavy atom. The number of thiophene rings is 1. The van der Waals surface area contributed by atoms with Gasteiger partial charge >= 0.3 is 5.97 Å². The highest BCUT2D eigenvalue weighted by molar-refractivity contribution is 7.99. The van der Waals surface area contributed by atoms with Gasteiger partial charge in [0.25, 0.3) is 5.56 Å². The maximum Gasteiger partial charge on any atom is 0.324 e. The highest BCUT2D eigenvalue weighted by Crippen LogP contribution is 2.27. The monoisotopic (exact) mass is 422 g/mol. The summed E-state index contributed by atoms with van der Waals surface area (Å²) >= 11 is 8.79. The molecule has 27 heavy (non-hydrogen) atoms. The molecule has 5 nitrogen and oxygen atoms in total. The second-order valence-electron chi connectivity index (χ2n) is 6.26. The van der Waals surface area contributed by atoms with Gasteiger partial charge in [-0.05, 0) is 57.0 Å². The lowest BCUT2D eigenvalue weighted by atomic mass is 10.2. The van der Waals surface area contributed by atoms with Crippen molar-refractivity contribution in [3.05, 3.63) is 55.4 Å². The summed E-state index contributed by atoms with van der Waals surface area (Å²) in [7, 11) is 0. The summed E-state index contributed by atoms with van der Waals surface area (Å²) in [5.41, 5.74) is 1.63. The van der Waals surface area contributed by atoms with Crippen molar-refractivity contribution in [2.24, 2.45) is 0 Å². The minimum absolute atomic E-state index is 0.135. The molecule has 0 bridgehead atoms. The summed E-state index contributed by atoms with van der Waals surface area (Å²) in [5, 5.41) is 0.837. The Balaban J connectivity index is 1.68. The van der Waals surface area contributed by atoms with Crippen LogP contribution < -0.4 is 10.3 Å². The first-order chi connectivity index (χ1) is 12.8. The van der Waals surface area contributed by atoms with Gasteiger partial charge in [0, 0.05) is 9.90 Å². The first kappa shape index (κ1) is 19.9. The molecule has 8 heteroatoms. The van der Waals surface area contributed by atoms with Gasteiger partial charge in [0.2, 0.25) is 0 Å². The second kappa shape index (κ2) is 8.04. The molecule has 2 aromatic heterocycles. The smallest absolute Gasteiger partial charge is 0.324 e. The molecule has 3 rings (SSSR count). The minimum Gasteiger partial charge on any atom is -0.425 e. The predicted octanol–water partition coefficient (Wildman–Crippen LogP) is 4.79. The number of carbonyl (C=O) groups excluding carboxylic acids is 1. The molecule has 2 heterocycles. The summed E-state index contributed by atoms with van der Waals surface area (Å²) in [4.78, 5) is 33.8. The summed E-state index contributed by atoms with van der Waals surface area (Å²) < 4.78 is 5.45. The third kappa shape index (κ3) is 4.36. The number of aromatic amines is 1. The van der Waals surface area contributed by atoms with Gasteiger partial charge in [0.15, 0.2) is 0 Å². The summed E-state index contributed by atoms with van der Waals surface area (Å²) in [6, 6.07) is 5.11. The van der Waals surface area contributed by atoms with E-state index in [2.05, 4.69) is 9.97 Å². The standard InChI is InChI=1S/C19H19ClN2O3S2/c1-9-7-13(20)5-6-14(9)25-19(24)12(4)26-8-15-21-17(23)16-10(2)11(3)27-18(16)22-15/h5-7,12H,8H2,1-4H3,(H,21,22,23). The van der Waals surface area contributed by atoms with Crippen LogP contribution in [0.4, 0.5) is 0 Å². The first-order valence-electron chi connectivity index (χ1n) is 8.34. The fourth-order valence-corrected chi connectivity index (χ4v) is 4.56. The van der Waals surface area contributed by atoms with E-state index in [1.807, 2.05) is 20.8 Å². The molecule has 3 aromatic rings. The number of hydrogen-bond donors (Lipinski definition) is 1. The number of aryl methyl sites for hydroxylation is 3. The quantitative estimate of drug-likeness (QED) is 0.472. The number of aromatic nitrogens is 2. The number of H-pyrrole nitrogens is 1. The van der Waals surface area contributed by atoms with Crippen LogP contribution in [0.15, 0.2) is 23.0 Å². The lowest BCUT2D eigenvalue weighted by Gasteiger charge is -2.12. The molecule has 0 aliphatic heterocycles. The maximum atomic E-state index is 12.3. The van der Waals surface area contributed by atoms with Crippen molar-refractivity contribution < 1.29 is 9.53 Å². The molecule has 0 saturated carbocycles. The number of benzene rings is 1. The van der Waals surface area contributed by atoms with E-state index in [0.29, 0.717) is 27.7 Å². The summed E-state index contributed by atoms with van der Waals surface area (Å²) in [6.45, 7) is 7.51. The number of fused-ring (bicyclic) bond motifs is 1. The third-order valence-electron chi connectivity index (χ3n) is 4.24. The number of rotatable bonds is 5. The first-order valence-corrected chi connectivity index (χ1v) is 10.6. The Bertz CT molecular complexity index is 1070. The van der Waals surface area contributed by atoms with Crippen LogP contribution in [0.1, 0.15) is 28.8 Å². The van der Waals surface area contributed by atoms with Gasteiger partial charge in [-0.2, -0.15) is 0 Å². The number of nitrogens with one attached hydrogen (secondary N) is 1. The lowest BCUT2D eigenvalue weighted by Crippen LogP contribution is -2.21. The van der Waals surface area contributed by atoms with Gasteiger partial charge in [-0.25, -0.2) is 4.98 Å². The van der Waals surface area contributed by atoms with Crippen LogP contribution in [0, 0.1) is 20.8 Å². The number of carbonyl (C=O) groups is 1. The van der Waals surface area contributed by atoms with Crippen molar-refractivity contribution in [2.75, 3.05) is 0 Å². The van der Waals surface area contributed by atoms with Crippen LogP contribution in [-0.2, 0) is 10.5 Å². The Morgan fingerprint density at radius 3 is 2.81 bits per heavy atom. The van der Waals surface area contributed by atoms with Gasteiger partial charge in [-0.3, -0.25) is 9.59 Å². The normalized spacial score (nSPS) is 12.3. The SMILES string of the molecule is Cc1cc(Cl)ccc1OC(=O)C(C)SCc1nc2sc(C)c(C)c2c(=O)[nH]1. The van der Waals surface area contributed by atoms with E-state index in [1.165, 1.54) is 23.1 Å². The number of thioether (sulfide) groups is 1. The average molecular weight is 423 g/mol. The van der Waals surface area contributed by atoms with Crippen molar-refractivity contribution >= 4 is 50.9 Å². The minimum atomic E-state index is -0.409. The Hall–Kier alpha value is -1.83. The van der Waals surface area contributed by atoms with Crippen molar-refractivity contribution in [3.8, 4) is 5.75 Å². The topological polar surface area (TPSA) is 72.0 Å². The zero-order chi connectivity index (χ0) is 19.7. The van der Waals surface area contributed by atoms with E-state index in [9.17, 15) is 9.59 Å². The van der Waals surface area contributed by atoms with E-state index in [-0.39, 0.29) is 11.5 Å². The molecule has 142 valence electrons. The van der Waals surface area contributed by atoms with Gasteiger partial charge < -0.3 is 9.72 Å².